The zero-order valence-corrected chi connectivity index (χ0v) is 14.5. The Balaban J connectivity index is 1.73. The number of ether oxygens (including phenoxy) is 1. The summed E-state index contributed by atoms with van der Waals surface area (Å²) >= 11 is 0. The fourth-order valence-electron chi connectivity index (χ4n) is 4.06. The van der Waals surface area contributed by atoms with Crippen molar-refractivity contribution in [2.75, 3.05) is 33.4 Å². The van der Waals surface area contributed by atoms with Gasteiger partial charge in [0.15, 0.2) is 0 Å². The minimum atomic E-state index is 0.0540. The van der Waals surface area contributed by atoms with Crippen molar-refractivity contribution in [2.45, 2.75) is 32.2 Å². The molecule has 0 radical (unpaired) electrons. The van der Waals surface area contributed by atoms with E-state index < -0.39 is 0 Å². The van der Waals surface area contributed by atoms with E-state index in [9.17, 15) is 9.59 Å². The SMILES string of the molecule is COCC(=O)N1CC[C@H]2[C@H](CCCN2C(=O)c2ccccc2C)C1. The van der Waals surface area contributed by atoms with Crippen molar-refractivity contribution in [2.24, 2.45) is 5.92 Å². The zero-order chi connectivity index (χ0) is 17.1. The van der Waals surface area contributed by atoms with E-state index >= 15 is 0 Å². The van der Waals surface area contributed by atoms with Crippen LogP contribution in [0.2, 0.25) is 0 Å². The number of aryl methyl sites for hydroxylation is 1. The maximum Gasteiger partial charge on any atom is 0.254 e. The highest BCUT2D eigenvalue weighted by Crippen LogP contribution is 2.32. The number of benzene rings is 1. The monoisotopic (exact) mass is 330 g/mol. The van der Waals surface area contributed by atoms with Crippen LogP contribution in [-0.4, -0.2) is 61.0 Å². The first kappa shape index (κ1) is 17.0. The zero-order valence-electron chi connectivity index (χ0n) is 14.5. The molecule has 2 fully saturated rings. The predicted molar refractivity (Wildman–Crippen MR) is 91.8 cm³/mol. The van der Waals surface area contributed by atoms with Crippen LogP contribution in [0.5, 0.6) is 0 Å². The summed E-state index contributed by atoms with van der Waals surface area (Å²) in [7, 11) is 1.55. The number of carbonyl (C=O) groups is 2. The van der Waals surface area contributed by atoms with Gasteiger partial charge in [-0.3, -0.25) is 9.59 Å². The molecule has 0 bridgehead atoms. The van der Waals surface area contributed by atoms with Crippen LogP contribution in [0.15, 0.2) is 24.3 Å². The molecule has 0 spiro atoms. The summed E-state index contributed by atoms with van der Waals surface area (Å²) in [6.07, 6.45) is 2.95. The maximum atomic E-state index is 13.0. The average molecular weight is 330 g/mol. The van der Waals surface area contributed by atoms with Gasteiger partial charge in [-0.15, -0.1) is 0 Å². The van der Waals surface area contributed by atoms with Crippen LogP contribution in [0.1, 0.15) is 35.2 Å². The van der Waals surface area contributed by atoms with Gasteiger partial charge in [-0.2, -0.15) is 0 Å². The first-order valence-electron chi connectivity index (χ1n) is 8.75. The molecule has 1 aromatic rings. The number of amides is 2. The Morgan fingerprint density at radius 3 is 2.75 bits per heavy atom. The molecule has 5 nitrogen and oxygen atoms in total. The molecule has 0 aliphatic carbocycles. The fourth-order valence-corrected chi connectivity index (χ4v) is 4.06. The van der Waals surface area contributed by atoms with Gasteiger partial charge in [0.2, 0.25) is 5.91 Å². The van der Waals surface area contributed by atoms with E-state index in [1.807, 2.05) is 36.1 Å². The van der Waals surface area contributed by atoms with Gasteiger partial charge in [0.05, 0.1) is 0 Å². The third-order valence-corrected chi connectivity index (χ3v) is 5.32. The van der Waals surface area contributed by atoms with Gasteiger partial charge in [0.25, 0.3) is 5.91 Å². The lowest BCUT2D eigenvalue weighted by Crippen LogP contribution is -2.57. The lowest BCUT2D eigenvalue weighted by molar-refractivity contribution is -0.138. The van der Waals surface area contributed by atoms with E-state index in [1.54, 1.807) is 7.11 Å². The summed E-state index contributed by atoms with van der Waals surface area (Å²) in [6, 6.07) is 8.04. The molecule has 0 N–H and O–H groups in total. The minimum absolute atomic E-state index is 0.0540. The summed E-state index contributed by atoms with van der Waals surface area (Å²) in [4.78, 5) is 29.0. The van der Waals surface area contributed by atoms with Crippen molar-refractivity contribution in [3.8, 4) is 0 Å². The Labute approximate surface area is 143 Å². The standard InChI is InChI=1S/C19H26N2O3/c1-14-6-3-4-8-16(14)19(23)21-10-5-7-15-12-20(11-9-17(15)21)18(22)13-24-2/h3-4,6,8,15,17H,5,7,9-13H2,1-2H3/t15-,17+/m1/s1. The van der Waals surface area contributed by atoms with Crippen LogP contribution in [0.3, 0.4) is 0 Å². The molecule has 2 heterocycles. The second kappa shape index (κ2) is 7.34. The number of nitrogens with zero attached hydrogens (tertiary/aromatic N) is 2. The molecule has 5 heteroatoms. The molecule has 2 aliphatic heterocycles. The van der Waals surface area contributed by atoms with E-state index in [1.165, 1.54) is 0 Å². The van der Waals surface area contributed by atoms with Gasteiger partial charge in [-0.25, -0.2) is 0 Å². The number of piperidine rings is 2. The smallest absolute Gasteiger partial charge is 0.254 e. The Bertz CT molecular complexity index is 616. The molecule has 1 aromatic carbocycles. The minimum Gasteiger partial charge on any atom is -0.375 e. The molecule has 2 saturated heterocycles. The summed E-state index contributed by atoms with van der Waals surface area (Å²) in [5, 5.41) is 0. The van der Waals surface area contributed by atoms with E-state index in [0.717, 1.165) is 43.5 Å². The maximum absolute atomic E-state index is 13.0. The average Bonchev–Trinajstić information content (AvgIpc) is 2.61. The lowest BCUT2D eigenvalue weighted by Gasteiger charge is -2.47. The van der Waals surface area contributed by atoms with Crippen molar-refractivity contribution in [1.29, 1.82) is 0 Å². The van der Waals surface area contributed by atoms with Crippen LogP contribution in [0.25, 0.3) is 0 Å². The summed E-state index contributed by atoms with van der Waals surface area (Å²) in [5.74, 6) is 0.569. The third-order valence-electron chi connectivity index (χ3n) is 5.32. The number of methoxy groups -OCH3 is 1. The second-order valence-electron chi connectivity index (χ2n) is 6.84. The molecule has 2 amide bonds. The number of hydrogen-bond acceptors (Lipinski definition) is 3. The van der Waals surface area contributed by atoms with Gasteiger partial charge in [0, 0.05) is 38.3 Å². The van der Waals surface area contributed by atoms with Crippen molar-refractivity contribution >= 4 is 11.8 Å². The molecule has 2 atom stereocenters. The van der Waals surface area contributed by atoms with E-state index in [4.69, 9.17) is 4.74 Å². The van der Waals surface area contributed by atoms with E-state index in [-0.39, 0.29) is 24.5 Å². The summed E-state index contributed by atoms with van der Waals surface area (Å²) < 4.78 is 4.97. The Morgan fingerprint density at radius 1 is 1.21 bits per heavy atom. The van der Waals surface area contributed by atoms with Crippen LogP contribution >= 0.6 is 0 Å². The molecule has 0 aromatic heterocycles. The van der Waals surface area contributed by atoms with Crippen LogP contribution in [-0.2, 0) is 9.53 Å². The van der Waals surface area contributed by atoms with Crippen molar-refractivity contribution in [1.82, 2.24) is 9.80 Å². The second-order valence-corrected chi connectivity index (χ2v) is 6.84. The Kier molecular flexibility index (Phi) is 5.19. The molecular formula is C19H26N2O3. The van der Waals surface area contributed by atoms with Gasteiger partial charge < -0.3 is 14.5 Å². The van der Waals surface area contributed by atoms with Crippen LogP contribution in [0, 0.1) is 12.8 Å². The third kappa shape index (κ3) is 3.31. The Morgan fingerprint density at radius 2 is 2.00 bits per heavy atom. The Hall–Kier alpha value is -1.88. The molecule has 130 valence electrons. The number of rotatable bonds is 3. The molecule has 2 aliphatic rings. The predicted octanol–water partition coefficient (Wildman–Crippen LogP) is 2.09. The topological polar surface area (TPSA) is 49.9 Å². The number of hydrogen-bond donors (Lipinski definition) is 0. The highest BCUT2D eigenvalue weighted by molar-refractivity contribution is 5.96. The fraction of sp³-hybridized carbons (Fsp3) is 0.579. The normalized spacial score (nSPS) is 23.8. The van der Waals surface area contributed by atoms with Gasteiger partial charge in [0.1, 0.15) is 6.61 Å². The molecule has 3 rings (SSSR count). The number of likely N-dealkylation sites (tertiary alicyclic amines) is 2. The van der Waals surface area contributed by atoms with Crippen LogP contribution in [0.4, 0.5) is 0 Å². The summed E-state index contributed by atoms with van der Waals surface area (Å²) in [6.45, 7) is 4.40. The first-order valence-corrected chi connectivity index (χ1v) is 8.75. The molecule has 0 unspecified atom stereocenters. The molecular weight excluding hydrogens is 304 g/mol. The van der Waals surface area contributed by atoms with E-state index in [0.29, 0.717) is 12.5 Å². The molecule has 0 saturated carbocycles. The quantitative estimate of drug-likeness (QED) is 0.853. The highest BCUT2D eigenvalue weighted by Gasteiger charge is 2.39. The van der Waals surface area contributed by atoms with Crippen LogP contribution < -0.4 is 0 Å². The van der Waals surface area contributed by atoms with Crippen molar-refractivity contribution in [3.63, 3.8) is 0 Å². The van der Waals surface area contributed by atoms with Gasteiger partial charge in [-0.05, 0) is 43.7 Å². The molecule has 24 heavy (non-hydrogen) atoms. The lowest BCUT2D eigenvalue weighted by atomic mass is 9.83. The van der Waals surface area contributed by atoms with E-state index in [2.05, 4.69) is 4.90 Å². The number of fused-ring (bicyclic) bond motifs is 1. The first-order chi connectivity index (χ1) is 11.6. The van der Waals surface area contributed by atoms with Gasteiger partial charge in [-0.1, -0.05) is 18.2 Å². The largest absolute Gasteiger partial charge is 0.375 e. The summed E-state index contributed by atoms with van der Waals surface area (Å²) in [5.41, 5.74) is 1.83. The number of carbonyl (C=O) groups excluding carboxylic acids is 2. The highest BCUT2D eigenvalue weighted by atomic mass is 16.5. The van der Waals surface area contributed by atoms with Crippen molar-refractivity contribution in [3.05, 3.63) is 35.4 Å². The van der Waals surface area contributed by atoms with Gasteiger partial charge >= 0.3 is 0 Å². The van der Waals surface area contributed by atoms with Crippen molar-refractivity contribution < 1.29 is 14.3 Å².